The Morgan fingerprint density at radius 1 is 1.20 bits per heavy atom. The summed E-state index contributed by atoms with van der Waals surface area (Å²) >= 11 is 1.22. The number of rotatable bonds is 7. The van der Waals surface area contributed by atoms with Gasteiger partial charge in [-0.15, -0.1) is 10.2 Å². The SMILES string of the molecule is Cc1ccc(NC(=O)NC(=O)CSc2nnc(-c3ccco3)n2CC(C)C)c(C)c1. The Labute approximate surface area is 179 Å². The highest BCUT2D eigenvalue weighted by Gasteiger charge is 2.19. The smallest absolute Gasteiger partial charge is 0.325 e. The van der Waals surface area contributed by atoms with E-state index in [0.29, 0.717) is 34.9 Å². The molecule has 30 heavy (non-hydrogen) atoms. The molecule has 158 valence electrons. The Kier molecular flexibility index (Phi) is 6.94. The maximum atomic E-state index is 12.3. The number of thioether (sulfide) groups is 1. The molecule has 0 unspecified atom stereocenters. The molecule has 0 aliphatic heterocycles. The van der Waals surface area contributed by atoms with Crippen LogP contribution in [0.4, 0.5) is 10.5 Å². The van der Waals surface area contributed by atoms with Crippen LogP contribution in [0.15, 0.2) is 46.2 Å². The number of hydrogen-bond acceptors (Lipinski definition) is 6. The molecule has 9 heteroatoms. The monoisotopic (exact) mass is 427 g/mol. The van der Waals surface area contributed by atoms with E-state index >= 15 is 0 Å². The summed E-state index contributed by atoms with van der Waals surface area (Å²) in [7, 11) is 0. The predicted molar refractivity (Wildman–Crippen MR) is 116 cm³/mol. The van der Waals surface area contributed by atoms with Crippen molar-refractivity contribution in [1.82, 2.24) is 20.1 Å². The fraction of sp³-hybridized carbons (Fsp3) is 0.333. The number of furan rings is 1. The van der Waals surface area contributed by atoms with E-state index in [-0.39, 0.29) is 5.75 Å². The number of nitrogens with zero attached hydrogens (tertiary/aromatic N) is 3. The van der Waals surface area contributed by atoms with Gasteiger partial charge in [-0.2, -0.15) is 0 Å². The molecule has 0 atom stereocenters. The minimum Gasteiger partial charge on any atom is -0.461 e. The number of carbonyl (C=O) groups is 2. The van der Waals surface area contributed by atoms with E-state index in [1.54, 1.807) is 12.3 Å². The fourth-order valence-corrected chi connectivity index (χ4v) is 3.66. The van der Waals surface area contributed by atoms with Gasteiger partial charge in [-0.3, -0.25) is 14.7 Å². The van der Waals surface area contributed by atoms with Gasteiger partial charge >= 0.3 is 6.03 Å². The first kappa shape index (κ1) is 21.6. The van der Waals surface area contributed by atoms with Crippen molar-refractivity contribution in [3.05, 3.63) is 47.7 Å². The summed E-state index contributed by atoms with van der Waals surface area (Å²) in [5.41, 5.74) is 2.70. The van der Waals surface area contributed by atoms with Crippen molar-refractivity contribution in [2.75, 3.05) is 11.1 Å². The molecule has 8 nitrogen and oxygen atoms in total. The largest absolute Gasteiger partial charge is 0.461 e. The molecule has 3 rings (SSSR count). The lowest BCUT2D eigenvalue weighted by atomic mass is 10.1. The summed E-state index contributed by atoms with van der Waals surface area (Å²) in [5.74, 6) is 1.21. The van der Waals surface area contributed by atoms with Gasteiger partial charge in [-0.25, -0.2) is 4.79 Å². The van der Waals surface area contributed by atoms with E-state index < -0.39 is 11.9 Å². The van der Waals surface area contributed by atoms with Gasteiger partial charge in [0.2, 0.25) is 5.91 Å². The van der Waals surface area contributed by atoms with E-state index in [1.165, 1.54) is 11.8 Å². The van der Waals surface area contributed by atoms with Crippen LogP contribution in [-0.2, 0) is 11.3 Å². The molecular weight excluding hydrogens is 402 g/mol. The van der Waals surface area contributed by atoms with Gasteiger partial charge in [0.15, 0.2) is 16.7 Å². The lowest BCUT2D eigenvalue weighted by molar-refractivity contribution is -0.117. The first-order valence-corrected chi connectivity index (χ1v) is 10.6. The van der Waals surface area contributed by atoms with Gasteiger partial charge in [-0.05, 0) is 43.5 Å². The van der Waals surface area contributed by atoms with Crippen LogP contribution >= 0.6 is 11.8 Å². The van der Waals surface area contributed by atoms with Crippen LogP contribution in [0.1, 0.15) is 25.0 Å². The minimum absolute atomic E-state index is 0.0364. The molecule has 0 saturated heterocycles. The summed E-state index contributed by atoms with van der Waals surface area (Å²) in [6, 6.07) is 8.72. The molecule has 2 heterocycles. The molecule has 0 spiro atoms. The third-order valence-corrected chi connectivity index (χ3v) is 5.19. The zero-order chi connectivity index (χ0) is 21.7. The number of amides is 3. The topological polar surface area (TPSA) is 102 Å². The minimum atomic E-state index is -0.563. The number of benzene rings is 1. The van der Waals surface area contributed by atoms with Crippen LogP contribution in [0.3, 0.4) is 0 Å². The van der Waals surface area contributed by atoms with Crippen LogP contribution in [0, 0.1) is 19.8 Å². The highest BCUT2D eigenvalue weighted by molar-refractivity contribution is 7.99. The maximum Gasteiger partial charge on any atom is 0.325 e. The second-order valence-corrected chi connectivity index (χ2v) is 8.34. The molecule has 1 aromatic carbocycles. The van der Waals surface area contributed by atoms with Gasteiger partial charge in [0.05, 0.1) is 12.0 Å². The number of urea groups is 1. The van der Waals surface area contributed by atoms with Crippen molar-refractivity contribution in [1.29, 1.82) is 0 Å². The summed E-state index contributed by atoms with van der Waals surface area (Å²) in [6.07, 6.45) is 1.58. The van der Waals surface area contributed by atoms with E-state index in [4.69, 9.17) is 4.42 Å². The molecule has 0 fully saturated rings. The quantitative estimate of drug-likeness (QED) is 0.547. The van der Waals surface area contributed by atoms with Crippen molar-refractivity contribution in [2.24, 2.45) is 5.92 Å². The number of carbonyl (C=O) groups excluding carboxylic acids is 2. The third-order valence-electron chi connectivity index (χ3n) is 4.22. The van der Waals surface area contributed by atoms with Crippen LogP contribution in [-0.4, -0.2) is 32.5 Å². The highest BCUT2D eigenvalue weighted by Crippen LogP contribution is 2.25. The zero-order valence-corrected chi connectivity index (χ0v) is 18.2. The lowest BCUT2D eigenvalue weighted by Crippen LogP contribution is -2.35. The van der Waals surface area contributed by atoms with E-state index in [2.05, 4.69) is 34.7 Å². The van der Waals surface area contributed by atoms with Gasteiger partial charge in [-0.1, -0.05) is 43.3 Å². The van der Waals surface area contributed by atoms with Crippen molar-refractivity contribution >= 4 is 29.4 Å². The van der Waals surface area contributed by atoms with Crippen molar-refractivity contribution in [3.8, 4) is 11.6 Å². The number of anilines is 1. The molecule has 0 aliphatic rings. The second-order valence-electron chi connectivity index (χ2n) is 7.40. The number of aromatic nitrogens is 3. The molecule has 0 radical (unpaired) electrons. The molecule has 0 bridgehead atoms. The fourth-order valence-electron chi connectivity index (χ4n) is 2.91. The van der Waals surface area contributed by atoms with Crippen LogP contribution in [0.5, 0.6) is 0 Å². The molecule has 3 amide bonds. The Morgan fingerprint density at radius 2 is 2.00 bits per heavy atom. The van der Waals surface area contributed by atoms with Crippen LogP contribution < -0.4 is 10.6 Å². The van der Waals surface area contributed by atoms with Crippen LogP contribution in [0.25, 0.3) is 11.6 Å². The summed E-state index contributed by atoms with van der Waals surface area (Å²) in [6.45, 7) is 8.74. The number of imide groups is 1. The number of nitrogens with one attached hydrogen (secondary N) is 2. The first-order chi connectivity index (χ1) is 14.3. The van der Waals surface area contributed by atoms with Crippen LogP contribution in [0.2, 0.25) is 0 Å². The van der Waals surface area contributed by atoms with Crippen molar-refractivity contribution in [3.63, 3.8) is 0 Å². The number of aryl methyl sites for hydroxylation is 2. The van der Waals surface area contributed by atoms with Crippen molar-refractivity contribution in [2.45, 2.75) is 39.4 Å². The van der Waals surface area contributed by atoms with E-state index in [1.807, 2.05) is 42.7 Å². The molecular formula is C21H25N5O3S. The summed E-state index contributed by atoms with van der Waals surface area (Å²) < 4.78 is 7.37. The highest BCUT2D eigenvalue weighted by atomic mass is 32.2. The maximum absolute atomic E-state index is 12.3. The average Bonchev–Trinajstić information content (AvgIpc) is 3.32. The predicted octanol–water partition coefficient (Wildman–Crippen LogP) is 4.25. The Balaban J connectivity index is 1.61. The molecule has 3 aromatic rings. The zero-order valence-electron chi connectivity index (χ0n) is 17.4. The average molecular weight is 428 g/mol. The molecule has 0 aliphatic carbocycles. The second kappa shape index (κ2) is 9.62. The normalized spacial score (nSPS) is 11.0. The summed E-state index contributed by atoms with van der Waals surface area (Å²) in [4.78, 5) is 24.4. The van der Waals surface area contributed by atoms with Gasteiger partial charge in [0.25, 0.3) is 0 Å². The Hall–Kier alpha value is -3.07. The number of hydrogen-bond donors (Lipinski definition) is 2. The van der Waals surface area contributed by atoms with Crippen molar-refractivity contribution < 1.29 is 14.0 Å². The molecule has 2 N–H and O–H groups in total. The van der Waals surface area contributed by atoms with E-state index in [0.717, 1.165) is 11.1 Å². The standard InChI is InChI=1S/C21H25N5O3S/c1-13(2)11-26-19(17-6-5-9-29-17)24-25-21(26)30-12-18(27)23-20(28)22-16-8-7-14(3)10-15(16)4/h5-10,13H,11-12H2,1-4H3,(H2,22,23,27,28). The third kappa shape index (κ3) is 5.50. The van der Waals surface area contributed by atoms with Gasteiger partial charge < -0.3 is 9.73 Å². The van der Waals surface area contributed by atoms with Gasteiger partial charge in [0, 0.05) is 12.2 Å². The lowest BCUT2D eigenvalue weighted by Gasteiger charge is -2.12. The van der Waals surface area contributed by atoms with E-state index in [9.17, 15) is 9.59 Å². The Bertz CT molecular complexity index is 1030. The summed E-state index contributed by atoms with van der Waals surface area (Å²) in [5, 5.41) is 14.1. The van der Waals surface area contributed by atoms with Gasteiger partial charge in [0.1, 0.15) is 0 Å². The molecule has 0 saturated carbocycles. The Morgan fingerprint density at radius 3 is 2.67 bits per heavy atom. The first-order valence-electron chi connectivity index (χ1n) is 9.61. The molecule has 2 aromatic heterocycles.